The van der Waals surface area contributed by atoms with Crippen LogP contribution in [-0.4, -0.2) is 27.4 Å². The van der Waals surface area contributed by atoms with Gasteiger partial charge in [-0.1, -0.05) is 30.3 Å². The van der Waals surface area contributed by atoms with Crippen LogP contribution >= 0.6 is 0 Å². The summed E-state index contributed by atoms with van der Waals surface area (Å²) < 4.78 is 13.0. The molecule has 3 aromatic carbocycles. The van der Waals surface area contributed by atoms with Crippen molar-refractivity contribution in [2.24, 2.45) is 5.10 Å². The summed E-state index contributed by atoms with van der Waals surface area (Å²) in [5.41, 5.74) is 4.31. The number of aromatic amines is 1. The predicted octanol–water partition coefficient (Wildman–Crippen LogP) is 3.84. The molecule has 0 fully saturated rings. The van der Waals surface area contributed by atoms with E-state index < -0.39 is 5.91 Å². The third kappa shape index (κ3) is 3.45. The van der Waals surface area contributed by atoms with E-state index in [9.17, 15) is 14.3 Å². The number of carbonyl (C=O) groups excluding carboxylic acids is 1. The number of hydrogen-bond acceptors (Lipinski definition) is 4. The van der Waals surface area contributed by atoms with Crippen LogP contribution in [0.4, 0.5) is 4.39 Å². The Balaban J connectivity index is 1.51. The smallest absolute Gasteiger partial charge is 0.289 e. The number of carbonyl (C=O) groups is 1. The number of amides is 1. The Morgan fingerprint density at radius 2 is 1.89 bits per heavy atom. The fourth-order valence-corrected chi connectivity index (χ4v) is 2.84. The van der Waals surface area contributed by atoms with Gasteiger partial charge in [-0.2, -0.15) is 10.2 Å². The molecule has 0 unspecified atom stereocenters. The number of phenols is 1. The topological polar surface area (TPSA) is 90.4 Å². The van der Waals surface area contributed by atoms with Gasteiger partial charge in [-0.15, -0.1) is 0 Å². The Morgan fingerprint density at radius 1 is 1.11 bits per heavy atom. The Hall–Kier alpha value is -4.00. The zero-order chi connectivity index (χ0) is 19.5. The second-order valence-electron chi connectivity index (χ2n) is 6.09. The Labute approximate surface area is 159 Å². The number of halogens is 1. The molecule has 7 heteroatoms. The molecule has 28 heavy (non-hydrogen) atoms. The highest BCUT2D eigenvalue weighted by Gasteiger charge is 2.11. The second-order valence-corrected chi connectivity index (χ2v) is 6.09. The molecule has 6 nitrogen and oxygen atoms in total. The first-order chi connectivity index (χ1) is 13.6. The third-order valence-electron chi connectivity index (χ3n) is 4.27. The first kappa shape index (κ1) is 17.4. The van der Waals surface area contributed by atoms with Crippen molar-refractivity contribution in [1.82, 2.24) is 15.6 Å². The minimum Gasteiger partial charge on any atom is -0.507 e. The van der Waals surface area contributed by atoms with E-state index in [4.69, 9.17) is 0 Å². The molecule has 1 aromatic heterocycles. The van der Waals surface area contributed by atoms with Crippen molar-refractivity contribution in [3.8, 4) is 17.0 Å². The first-order valence-electron chi connectivity index (χ1n) is 8.47. The number of fused-ring (bicyclic) bond motifs is 1. The highest BCUT2D eigenvalue weighted by molar-refractivity contribution is 6.03. The zero-order valence-electron chi connectivity index (χ0n) is 14.6. The summed E-state index contributed by atoms with van der Waals surface area (Å²) in [6.45, 7) is 0. The lowest BCUT2D eigenvalue weighted by Crippen LogP contribution is -2.18. The molecule has 0 radical (unpaired) electrons. The van der Waals surface area contributed by atoms with Crippen LogP contribution in [0.5, 0.6) is 5.75 Å². The summed E-state index contributed by atoms with van der Waals surface area (Å²) in [7, 11) is 0. The van der Waals surface area contributed by atoms with E-state index in [2.05, 4.69) is 20.7 Å². The fraction of sp³-hybridized carbons (Fsp3) is 0. The summed E-state index contributed by atoms with van der Waals surface area (Å²) in [5, 5.41) is 22.5. The number of rotatable bonds is 4. The third-order valence-corrected chi connectivity index (χ3v) is 4.27. The first-order valence-corrected chi connectivity index (χ1v) is 8.47. The fourth-order valence-electron chi connectivity index (χ4n) is 2.84. The molecule has 0 atom stereocenters. The molecular formula is C21H15FN4O2. The van der Waals surface area contributed by atoms with Crippen molar-refractivity contribution in [2.45, 2.75) is 0 Å². The number of H-pyrrole nitrogens is 1. The van der Waals surface area contributed by atoms with Crippen LogP contribution in [0.2, 0.25) is 0 Å². The maximum absolute atomic E-state index is 13.0. The van der Waals surface area contributed by atoms with Gasteiger partial charge < -0.3 is 5.11 Å². The summed E-state index contributed by atoms with van der Waals surface area (Å²) in [4.78, 5) is 12.3. The van der Waals surface area contributed by atoms with E-state index in [1.54, 1.807) is 24.3 Å². The molecule has 1 heterocycles. The average molecular weight is 374 g/mol. The van der Waals surface area contributed by atoms with Crippen molar-refractivity contribution in [3.05, 3.63) is 83.8 Å². The van der Waals surface area contributed by atoms with E-state index >= 15 is 0 Å². The summed E-state index contributed by atoms with van der Waals surface area (Å²) in [6, 6.07) is 18.3. The van der Waals surface area contributed by atoms with Crippen LogP contribution in [0.15, 0.2) is 71.8 Å². The molecule has 0 aliphatic heterocycles. The number of aromatic hydroxyl groups is 1. The number of nitrogens with zero attached hydrogens (tertiary/aromatic N) is 2. The van der Waals surface area contributed by atoms with Gasteiger partial charge in [0.2, 0.25) is 0 Å². The molecular weight excluding hydrogens is 359 g/mol. The van der Waals surface area contributed by atoms with Gasteiger partial charge in [-0.25, -0.2) is 9.82 Å². The van der Waals surface area contributed by atoms with Crippen molar-refractivity contribution in [1.29, 1.82) is 0 Å². The lowest BCUT2D eigenvalue weighted by molar-refractivity contribution is 0.0950. The maximum Gasteiger partial charge on any atom is 0.289 e. The van der Waals surface area contributed by atoms with E-state index in [1.807, 2.05) is 30.3 Å². The Morgan fingerprint density at radius 3 is 2.71 bits per heavy atom. The molecule has 0 saturated heterocycles. The Bertz CT molecular complexity index is 1180. The molecule has 0 spiro atoms. The normalized spacial score (nSPS) is 11.2. The van der Waals surface area contributed by atoms with Gasteiger partial charge in [0.1, 0.15) is 17.3 Å². The molecule has 3 N–H and O–H groups in total. The van der Waals surface area contributed by atoms with Gasteiger partial charge in [0.05, 0.1) is 11.9 Å². The summed E-state index contributed by atoms with van der Waals surface area (Å²) in [5.74, 6) is -0.767. The number of nitrogens with one attached hydrogen (secondary N) is 2. The van der Waals surface area contributed by atoms with E-state index in [0.717, 1.165) is 10.8 Å². The molecule has 0 saturated carbocycles. The second kappa shape index (κ2) is 7.32. The number of hydrazone groups is 1. The van der Waals surface area contributed by atoms with Crippen LogP contribution in [0.3, 0.4) is 0 Å². The van der Waals surface area contributed by atoms with Crippen LogP contribution in [0, 0.1) is 5.82 Å². The molecule has 0 bridgehead atoms. The standard InChI is InChI=1S/C21H15FN4O2/c22-15-8-5-14(6-9-15)18-11-19(25-24-18)21(28)26-23-12-17-16-4-2-1-3-13(16)7-10-20(17)27/h1-12,27H,(H,24,25)(H,26,28). The average Bonchev–Trinajstić information content (AvgIpc) is 3.20. The van der Waals surface area contributed by atoms with Crippen LogP contribution in [0.25, 0.3) is 22.0 Å². The minimum atomic E-state index is -0.489. The maximum atomic E-state index is 13.0. The predicted molar refractivity (Wildman–Crippen MR) is 105 cm³/mol. The van der Waals surface area contributed by atoms with E-state index in [1.165, 1.54) is 18.3 Å². The van der Waals surface area contributed by atoms with Crippen molar-refractivity contribution in [2.75, 3.05) is 0 Å². The molecule has 0 aliphatic rings. The summed E-state index contributed by atoms with van der Waals surface area (Å²) in [6.07, 6.45) is 1.40. The van der Waals surface area contributed by atoms with Crippen LogP contribution in [-0.2, 0) is 0 Å². The highest BCUT2D eigenvalue weighted by atomic mass is 19.1. The number of phenolic OH excluding ortho intramolecular Hbond substituents is 1. The van der Waals surface area contributed by atoms with Gasteiger partial charge in [0, 0.05) is 11.1 Å². The SMILES string of the molecule is O=C(NN=Cc1c(O)ccc2ccccc12)c1cc(-c2ccc(F)cc2)n[nH]1. The highest BCUT2D eigenvalue weighted by Crippen LogP contribution is 2.25. The Kier molecular flexibility index (Phi) is 4.55. The zero-order valence-corrected chi connectivity index (χ0v) is 14.6. The van der Waals surface area contributed by atoms with E-state index in [-0.39, 0.29) is 17.3 Å². The molecule has 4 rings (SSSR count). The molecule has 1 amide bonds. The van der Waals surface area contributed by atoms with Crippen molar-refractivity contribution < 1.29 is 14.3 Å². The number of hydrogen-bond donors (Lipinski definition) is 3. The summed E-state index contributed by atoms with van der Waals surface area (Å²) >= 11 is 0. The van der Waals surface area contributed by atoms with Crippen molar-refractivity contribution >= 4 is 22.9 Å². The van der Waals surface area contributed by atoms with Gasteiger partial charge in [0.25, 0.3) is 5.91 Å². The largest absolute Gasteiger partial charge is 0.507 e. The lowest BCUT2D eigenvalue weighted by atomic mass is 10.0. The molecule has 0 aliphatic carbocycles. The van der Waals surface area contributed by atoms with Crippen LogP contribution < -0.4 is 5.43 Å². The van der Waals surface area contributed by atoms with Gasteiger partial charge in [0.15, 0.2) is 0 Å². The quantitative estimate of drug-likeness (QED) is 0.374. The lowest BCUT2D eigenvalue weighted by Gasteiger charge is -2.04. The number of benzene rings is 3. The number of aromatic nitrogens is 2. The van der Waals surface area contributed by atoms with Gasteiger partial charge >= 0.3 is 0 Å². The van der Waals surface area contributed by atoms with Gasteiger partial charge in [-0.05, 0) is 47.2 Å². The van der Waals surface area contributed by atoms with Crippen molar-refractivity contribution in [3.63, 3.8) is 0 Å². The monoisotopic (exact) mass is 374 g/mol. The minimum absolute atomic E-state index is 0.0665. The van der Waals surface area contributed by atoms with Gasteiger partial charge in [-0.3, -0.25) is 9.89 Å². The molecule has 4 aromatic rings. The molecule has 138 valence electrons. The van der Waals surface area contributed by atoms with E-state index in [0.29, 0.717) is 16.8 Å². The van der Waals surface area contributed by atoms with Crippen LogP contribution in [0.1, 0.15) is 16.1 Å².